The van der Waals surface area contributed by atoms with Gasteiger partial charge in [-0.3, -0.25) is 4.79 Å². The van der Waals surface area contributed by atoms with Crippen molar-refractivity contribution in [2.45, 2.75) is 19.9 Å². The molecule has 0 fully saturated rings. The van der Waals surface area contributed by atoms with Gasteiger partial charge in [0.25, 0.3) is 5.91 Å². The molecule has 1 amide bonds. The molecule has 2 N–H and O–H groups in total. The van der Waals surface area contributed by atoms with Crippen molar-refractivity contribution in [3.8, 4) is 11.5 Å². The molecule has 0 aliphatic heterocycles. The molecule has 0 radical (unpaired) electrons. The van der Waals surface area contributed by atoms with Crippen LogP contribution in [-0.2, 0) is 0 Å². The first-order chi connectivity index (χ1) is 12.1. The van der Waals surface area contributed by atoms with Gasteiger partial charge in [-0.25, -0.2) is 4.98 Å². The lowest BCUT2D eigenvalue weighted by Crippen LogP contribution is -2.27. The molecular weight excluding hydrogens is 318 g/mol. The van der Waals surface area contributed by atoms with Crippen LogP contribution in [0.4, 0.5) is 0 Å². The molecule has 1 aromatic heterocycles. The average Bonchev–Trinajstić information content (AvgIpc) is 3.06. The van der Waals surface area contributed by atoms with Crippen molar-refractivity contribution < 1.29 is 14.3 Å². The van der Waals surface area contributed by atoms with Crippen LogP contribution in [0.25, 0.3) is 11.0 Å². The second kappa shape index (κ2) is 7.25. The Morgan fingerprint density at radius 1 is 1.24 bits per heavy atom. The van der Waals surface area contributed by atoms with Crippen LogP contribution in [0.3, 0.4) is 0 Å². The first kappa shape index (κ1) is 16.8. The maximum Gasteiger partial charge on any atom is 0.251 e. The van der Waals surface area contributed by atoms with Crippen LogP contribution in [-0.4, -0.2) is 29.6 Å². The van der Waals surface area contributed by atoms with Crippen LogP contribution in [0.15, 0.2) is 42.5 Å². The summed E-state index contributed by atoms with van der Waals surface area (Å²) in [6.45, 7) is 4.32. The second-order valence-corrected chi connectivity index (χ2v) is 5.63. The van der Waals surface area contributed by atoms with E-state index < -0.39 is 0 Å². The number of fused-ring (bicyclic) bond motifs is 1. The molecule has 1 atom stereocenters. The maximum absolute atomic E-state index is 12.5. The van der Waals surface area contributed by atoms with Crippen molar-refractivity contribution in [1.29, 1.82) is 0 Å². The highest BCUT2D eigenvalue weighted by Gasteiger charge is 2.16. The van der Waals surface area contributed by atoms with Crippen LogP contribution in [0, 0.1) is 0 Å². The van der Waals surface area contributed by atoms with Crippen molar-refractivity contribution in [3.05, 3.63) is 53.9 Å². The first-order valence-electron chi connectivity index (χ1n) is 8.18. The summed E-state index contributed by atoms with van der Waals surface area (Å²) in [5, 5.41) is 2.95. The molecule has 0 spiro atoms. The number of nitrogens with one attached hydrogen (secondary N) is 2. The molecule has 25 heavy (non-hydrogen) atoms. The minimum Gasteiger partial charge on any atom is -0.493 e. The summed E-state index contributed by atoms with van der Waals surface area (Å²) >= 11 is 0. The minimum absolute atomic E-state index is 0.200. The number of carbonyl (C=O) groups is 1. The summed E-state index contributed by atoms with van der Waals surface area (Å²) < 4.78 is 10.8. The fourth-order valence-corrected chi connectivity index (χ4v) is 2.61. The van der Waals surface area contributed by atoms with E-state index in [1.807, 2.05) is 38.1 Å². The Kier molecular flexibility index (Phi) is 4.88. The van der Waals surface area contributed by atoms with E-state index in [4.69, 9.17) is 9.47 Å². The van der Waals surface area contributed by atoms with E-state index in [-0.39, 0.29) is 11.9 Å². The molecule has 6 heteroatoms. The summed E-state index contributed by atoms with van der Waals surface area (Å²) in [6, 6.07) is 12.6. The predicted molar refractivity (Wildman–Crippen MR) is 96.1 cm³/mol. The zero-order chi connectivity index (χ0) is 17.8. The number of benzene rings is 2. The summed E-state index contributed by atoms with van der Waals surface area (Å²) in [7, 11) is 1.55. The lowest BCUT2D eigenvalue weighted by atomic mass is 10.1. The largest absolute Gasteiger partial charge is 0.493 e. The lowest BCUT2D eigenvalue weighted by molar-refractivity contribution is 0.0938. The number of carbonyl (C=O) groups excluding carboxylic acids is 1. The van der Waals surface area contributed by atoms with Gasteiger partial charge in [-0.1, -0.05) is 12.1 Å². The lowest BCUT2D eigenvalue weighted by Gasteiger charge is -2.13. The molecule has 0 saturated carbocycles. The number of aromatic nitrogens is 2. The van der Waals surface area contributed by atoms with Crippen molar-refractivity contribution in [3.63, 3.8) is 0 Å². The Bertz CT molecular complexity index is 856. The molecule has 130 valence electrons. The third kappa shape index (κ3) is 3.57. The van der Waals surface area contributed by atoms with Gasteiger partial charge in [-0.05, 0) is 44.2 Å². The molecule has 1 heterocycles. The third-order valence-electron chi connectivity index (χ3n) is 3.89. The van der Waals surface area contributed by atoms with Crippen LogP contribution >= 0.6 is 0 Å². The number of H-pyrrole nitrogens is 1. The summed E-state index contributed by atoms with van der Waals surface area (Å²) in [5.41, 5.74) is 2.32. The SMILES string of the molecule is CCOc1ccc(C(=O)N[C@@H](C)c2nc3ccccc3[nH]2)cc1OC. The normalized spacial score (nSPS) is 12.0. The smallest absolute Gasteiger partial charge is 0.251 e. The highest BCUT2D eigenvalue weighted by Crippen LogP contribution is 2.28. The molecule has 6 nitrogen and oxygen atoms in total. The number of imidazole rings is 1. The van der Waals surface area contributed by atoms with Gasteiger partial charge in [0.2, 0.25) is 0 Å². The van der Waals surface area contributed by atoms with E-state index in [0.717, 1.165) is 11.0 Å². The van der Waals surface area contributed by atoms with Gasteiger partial charge in [0.1, 0.15) is 5.82 Å². The van der Waals surface area contributed by atoms with Gasteiger partial charge >= 0.3 is 0 Å². The molecular formula is C19H21N3O3. The van der Waals surface area contributed by atoms with Crippen LogP contribution < -0.4 is 14.8 Å². The molecule has 3 rings (SSSR count). The van der Waals surface area contributed by atoms with E-state index in [1.54, 1.807) is 25.3 Å². The molecule has 0 aliphatic rings. The third-order valence-corrected chi connectivity index (χ3v) is 3.89. The first-order valence-corrected chi connectivity index (χ1v) is 8.18. The number of methoxy groups -OCH3 is 1. The molecule has 2 aromatic carbocycles. The van der Waals surface area contributed by atoms with Crippen LogP contribution in [0.2, 0.25) is 0 Å². The molecule has 0 saturated heterocycles. The van der Waals surface area contributed by atoms with Crippen molar-refractivity contribution in [1.82, 2.24) is 15.3 Å². The Morgan fingerprint density at radius 2 is 2.04 bits per heavy atom. The number of hydrogen-bond donors (Lipinski definition) is 2. The van der Waals surface area contributed by atoms with Crippen molar-refractivity contribution in [2.24, 2.45) is 0 Å². The van der Waals surface area contributed by atoms with Crippen LogP contribution in [0.1, 0.15) is 36.1 Å². The van der Waals surface area contributed by atoms with Gasteiger partial charge in [0.15, 0.2) is 11.5 Å². The number of para-hydroxylation sites is 2. The maximum atomic E-state index is 12.5. The topological polar surface area (TPSA) is 76.2 Å². The van der Waals surface area contributed by atoms with Gasteiger partial charge in [0.05, 0.1) is 30.8 Å². The molecule has 0 unspecified atom stereocenters. The number of rotatable bonds is 6. The fraction of sp³-hybridized carbons (Fsp3) is 0.263. The zero-order valence-corrected chi connectivity index (χ0v) is 14.5. The summed E-state index contributed by atoms with van der Waals surface area (Å²) in [4.78, 5) is 20.3. The fourth-order valence-electron chi connectivity index (χ4n) is 2.61. The number of ether oxygens (including phenoxy) is 2. The highest BCUT2D eigenvalue weighted by molar-refractivity contribution is 5.95. The standard InChI is InChI=1S/C19H21N3O3/c1-4-25-16-10-9-13(11-17(16)24-3)19(23)20-12(2)18-21-14-7-5-6-8-15(14)22-18/h5-12H,4H2,1-3H3,(H,20,23)(H,21,22)/t12-/m0/s1. The highest BCUT2D eigenvalue weighted by atomic mass is 16.5. The van der Waals surface area contributed by atoms with Gasteiger partial charge in [-0.15, -0.1) is 0 Å². The van der Waals surface area contributed by atoms with E-state index >= 15 is 0 Å². The van der Waals surface area contributed by atoms with Crippen LogP contribution in [0.5, 0.6) is 11.5 Å². The van der Waals surface area contributed by atoms with E-state index in [2.05, 4.69) is 15.3 Å². The second-order valence-electron chi connectivity index (χ2n) is 5.63. The van der Waals surface area contributed by atoms with Crippen molar-refractivity contribution in [2.75, 3.05) is 13.7 Å². The van der Waals surface area contributed by atoms with E-state index in [0.29, 0.717) is 29.5 Å². The Morgan fingerprint density at radius 3 is 2.76 bits per heavy atom. The van der Waals surface area contributed by atoms with Gasteiger partial charge in [0, 0.05) is 5.56 Å². The number of nitrogens with zero attached hydrogens (tertiary/aromatic N) is 1. The Hall–Kier alpha value is -3.02. The van der Waals surface area contributed by atoms with E-state index in [9.17, 15) is 4.79 Å². The van der Waals surface area contributed by atoms with Gasteiger partial charge in [-0.2, -0.15) is 0 Å². The number of aromatic amines is 1. The zero-order valence-electron chi connectivity index (χ0n) is 14.5. The Labute approximate surface area is 146 Å². The quantitative estimate of drug-likeness (QED) is 0.721. The Balaban J connectivity index is 1.76. The molecule has 0 bridgehead atoms. The molecule has 3 aromatic rings. The van der Waals surface area contributed by atoms with E-state index in [1.165, 1.54) is 0 Å². The van der Waals surface area contributed by atoms with Crippen molar-refractivity contribution >= 4 is 16.9 Å². The number of hydrogen-bond acceptors (Lipinski definition) is 4. The van der Waals surface area contributed by atoms with Gasteiger partial charge < -0.3 is 19.8 Å². The molecule has 0 aliphatic carbocycles. The summed E-state index contributed by atoms with van der Waals surface area (Å²) in [6.07, 6.45) is 0. The summed E-state index contributed by atoms with van der Waals surface area (Å²) in [5.74, 6) is 1.67. The number of amides is 1. The minimum atomic E-state index is -0.252. The monoisotopic (exact) mass is 339 g/mol. The average molecular weight is 339 g/mol. The predicted octanol–water partition coefficient (Wildman–Crippen LogP) is 3.46.